The molecule has 0 spiro atoms. The van der Waals surface area contributed by atoms with Crippen LogP contribution < -0.4 is 10.6 Å². The first-order chi connectivity index (χ1) is 22.7. The van der Waals surface area contributed by atoms with Gasteiger partial charge in [0.25, 0.3) is 0 Å². The maximum absolute atomic E-state index is 12.9. The topological polar surface area (TPSA) is 138 Å². The fraction of sp³-hybridized carbons (Fsp3) is 0.743. The van der Waals surface area contributed by atoms with Gasteiger partial charge in [0, 0.05) is 39.3 Å². The number of amides is 5. The number of nitrogens with one attached hydrogen (secondary N) is 2. The number of carbonyl (C=O) groups excluding carboxylic acids is 5. The van der Waals surface area contributed by atoms with Gasteiger partial charge in [-0.2, -0.15) is 0 Å². The van der Waals surface area contributed by atoms with E-state index in [1.54, 1.807) is 27.8 Å². The van der Waals surface area contributed by atoms with E-state index >= 15 is 0 Å². The molecule has 1 aliphatic heterocycles. The molecule has 0 bridgehead atoms. The first kappa shape index (κ1) is 48.5. The van der Waals surface area contributed by atoms with Crippen LogP contribution in [0.4, 0.5) is 4.79 Å². The van der Waals surface area contributed by atoms with E-state index < -0.39 is 35.5 Å². The van der Waals surface area contributed by atoms with Crippen molar-refractivity contribution in [3.05, 3.63) is 21.2 Å². The lowest BCUT2D eigenvalue weighted by molar-refractivity contribution is -0.141. The third-order valence-corrected chi connectivity index (χ3v) is 7.88. The number of nitrogens with zero attached hydrogens (tertiary/aromatic N) is 3. The summed E-state index contributed by atoms with van der Waals surface area (Å²) in [6.07, 6.45) is 4.92. The van der Waals surface area contributed by atoms with E-state index in [9.17, 15) is 24.0 Å². The van der Waals surface area contributed by atoms with Gasteiger partial charge in [0.15, 0.2) is 0 Å². The first-order valence-corrected chi connectivity index (χ1v) is 18.2. The minimum absolute atomic E-state index is 0.122. The monoisotopic (exact) mass is 779 g/mol. The normalized spacial score (nSPS) is 18.4. The van der Waals surface area contributed by atoms with E-state index in [-0.39, 0.29) is 25.5 Å². The van der Waals surface area contributed by atoms with Crippen LogP contribution in [0, 0.1) is 5.92 Å². The summed E-state index contributed by atoms with van der Waals surface area (Å²) in [5, 5.41) is 5.92. The van der Waals surface area contributed by atoms with Crippen LogP contribution in [-0.2, 0) is 28.7 Å². The van der Waals surface area contributed by atoms with E-state index in [0.29, 0.717) is 39.0 Å². The first-order valence-electron chi connectivity index (χ1n) is 17.0. The fourth-order valence-corrected chi connectivity index (χ4v) is 4.44. The van der Waals surface area contributed by atoms with Gasteiger partial charge < -0.3 is 34.8 Å². The molecular formula is C35H63BrClN5O7. The van der Waals surface area contributed by atoms with Gasteiger partial charge in [-0.1, -0.05) is 62.1 Å². The number of likely N-dealkylation sites (N-methyl/N-ethyl adjacent to an activating group) is 3. The molecule has 2 rings (SSSR count). The highest BCUT2D eigenvalue weighted by Crippen LogP contribution is 2.29. The summed E-state index contributed by atoms with van der Waals surface area (Å²) >= 11 is 9.24. The van der Waals surface area contributed by atoms with Gasteiger partial charge in [-0.15, -0.1) is 0 Å². The second-order valence-corrected chi connectivity index (χ2v) is 14.6. The standard InChI is InChI=1S/C22H39N5O7.C7H8BrCl.C4H10.C2H6/c1-22(2,3)34-21(32)24-14-18(29)27(6)16-9-7-8-11-33-12-10-25(4)19(30)15-26(5)17(28)13-23-20(16)31;1-5-4-6(9)2-3-7(5)8;1-4(2)3;1-2/h16H,7-15H2,1-6H3,(H,23,31)(H,24,32);4H,2-3H2,1H3;4H,1-3H3;1-2H3. The SMILES string of the molecule is CC.CC(C)C.CC1=C(Br)CCC(Cl)=C1.CN1CCOCCCCC(N(C)C(=O)CNC(=O)OC(C)(C)C)C(=O)NCC(=O)N(C)CC1=O. The second kappa shape index (κ2) is 26.2. The number of carbonyl (C=O) groups is 5. The number of halogens is 2. The molecule has 5 amide bonds. The lowest BCUT2D eigenvalue weighted by atomic mass is 10.1. The fourth-order valence-electron chi connectivity index (χ4n) is 3.87. The van der Waals surface area contributed by atoms with Crippen molar-refractivity contribution in [2.45, 2.75) is 106 Å². The van der Waals surface area contributed by atoms with E-state index in [1.807, 2.05) is 19.9 Å². The minimum atomic E-state index is -0.841. The third kappa shape index (κ3) is 24.2. The Morgan fingerprint density at radius 3 is 2.20 bits per heavy atom. The largest absolute Gasteiger partial charge is 0.444 e. The van der Waals surface area contributed by atoms with Crippen LogP contribution in [0.15, 0.2) is 21.2 Å². The molecule has 0 aromatic rings. The number of alkyl carbamates (subject to hydrolysis) is 1. The summed E-state index contributed by atoms with van der Waals surface area (Å²) in [5.74, 6) is -0.809. The van der Waals surface area contributed by atoms with Crippen LogP contribution in [-0.4, -0.2) is 117 Å². The van der Waals surface area contributed by atoms with Crippen molar-refractivity contribution in [3.8, 4) is 0 Å². The molecule has 12 nitrogen and oxygen atoms in total. The smallest absolute Gasteiger partial charge is 0.408 e. The number of hydrogen-bond acceptors (Lipinski definition) is 7. The molecule has 49 heavy (non-hydrogen) atoms. The second-order valence-electron chi connectivity index (χ2n) is 13.2. The van der Waals surface area contributed by atoms with E-state index in [1.165, 1.54) is 38.9 Å². The van der Waals surface area contributed by atoms with Gasteiger partial charge in [0.1, 0.15) is 18.2 Å². The van der Waals surface area contributed by atoms with Crippen molar-refractivity contribution in [3.63, 3.8) is 0 Å². The molecule has 0 aromatic carbocycles. The molecule has 1 aliphatic carbocycles. The Bertz CT molecular complexity index is 1110. The maximum atomic E-state index is 12.9. The zero-order valence-corrected chi connectivity index (χ0v) is 34.3. The summed E-state index contributed by atoms with van der Waals surface area (Å²) in [6.45, 7) is 18.1. The molecule has 1 atom stereocenters. The van der Waals surface area contributed by atoms with Crippen molar-refractivity contribution in [2.24, 2.45) is 5.92 Å². The zero-order valence-electron chi connectivity index (χ0n) is 32.0. The van der Waals surface area contributed by atoms with Crippen LogP contribution in [0.25, 0.3) is 0 Å². The van der Waals surface area contributed by atoms with Crippen molar-refractivity contribution in [2.75, 3.05) is 60.5 Å². The Morgan fingerprint density at radius 1 is 1.08 bits per heavy atom. The molecule has 14 heteroatoms. The van der Waals surface area contributed by atoms with Crippen LogP contribution in [0.2, 0.25) is 0 Å². The summed E-state index contributed by atoms with van der Waals surface area (Å²) in [7, 11) is 4.60. The predicted molar refractivity (Wildman–Crippen MR) is 200 cm³/mol. The van der Waals surface area contributed by atoms with Crippen molar-refractivity contribution < 1.29 is 33.4 Å². The average Bonchev–Trinajstić information content (AvgIpc) is 3.01. The Morgan fingerprint density at radius 2 is 1.67 bits per heavy atom. The molecule has 284 valence electrons. The lowest BCUT2D eigenvalue weighted by Gasteiger charge is -2.28. The number of allylic oxidation sites excluding steroid dienone is 4. The summed E-state index contributed by atoms with van der Waals surface area (Å²) < 4.78 is 12.0. The third-order valence-electron chi connectivity index (χ3n) is 6.56. The molecule has 1 fully saturated rings. The number of hydrogen-bond donors (Lipinski definition) is 2. The molecule has 2 aliphatic rings. The van der Waals surface area contributed by atoms with Crippen molar-refractivity contribution >= 4 is 57.3 Å². The van der Waals surface area contributed by atoms with Crippen LogP contribution in [0.5, 0.6) is 0 Å². The molecule has 1 unspecified atom stereocenters. The Labute approximate surface area is 308 Å². The molecule has 1 saturated heterocycles. The highest BCUT2D eigenvalue weighted by atomic mass is 79.9. The maximum Gasteiger partial charge on any atom is 0.408 e. The van der Waals surface area contributed by atoms with Gasteiger partial charge in [0.2, 0.25) is 23.6 Å². The molecular weight excluding hydrogens is 718 g/mol. The Hall–Kier alpha value is -2.64. The minimum Gasteiger partial charge on any atom is -0.444 e. The van der Waals surface area contributed by atoms with Gasteiger partial charge in [-0.25, -0.2) is 4.79 Å². The zero-order chi connectivity index (χ0) is 38.3. The van der Waals surface area contributed by atoms with E-state index in [2.05, 4.69) is 54.3 Å². The summed E-state index contributed by atoms with van der Waals surface area (Å²) in [6, 6.07) is -0.841. The highest BCUT2D eigenvalue weighted by Gasteiger charge is 2.28. The molecule has 1 heterocycles. The van der Waals surface area contributed by atoms with Crippen LogP contribution in [0.3, 0.4) is 0 Å². The molecule has 0 aromatic heterocycles. The average molecular weight is 781 g/mol. The lowest BCUT2D eigenvalue weighted by Crippen LogP contribution is -2.52. The van der Waals surface area contributed by atoms with Gasteiger partial charge in [-0.05, 0) is 81.8 Å². The molecule has 2 N–H and O–H groups in total. The van der Waals surface area contributed by atoms with E-state index in [4.69, 9.17) is 21.1 Å². The van der Waals surface area contributed by atoms with Gasteiger partial charge in [-0.3, -0.25) is 19.2 Å². The van der Waals surface area contributed by atoms with E-state index in [0.717, 1.165) is 23.8 Å². The van der Waals surface area contributed by atoms with Gasteiger partial charge in [0.05, 0.1) is 19.7 Å². The number of ether oxygens (including phenoxy) is 2. The molecule has 0 saturated carbocycles. The van der Waals surface area contributed by atoms with Crippen molar-refractivity contribution in [1.82, 2.24) is 25.3 Å². The van der Waals surface area contributed by atoms with Crippen LogP contribution >= 0.6 is 27.5 Å². The van der Waals surface area contributed by atoms with Gasteiger partial charge >= 0.3 is 6.09 Å². The predicted octanol–water partition coefficient (Wildman–Crippen LogP) is 5.83. The highest BCUT2D eigenvalue weighted by molar-refractivity contribution is 9.11. The van der Waals surface area contributed by atoms with Crippen molar-refractivity contribution in [1.29, 1.82) is 0 Å². The summed E-state index contributed by atoms with van der Waals surface area (Å²) in [5.41, 5.74) is 0.551. The molecule has 0 radical (unpaired) electrons. The quantitative estimate of drug-likeness (QED) is 0.368. The number of rotatable bonds is 3. The Kier molecular flexibility index (Phi) is 25.9. The van der Waals surface area contributed by atoms with Crippen LogP contribution in [0.1, 0.15) is 94.4 Å². The Balaban J connectivity index is 0. The summed E-state index contributed by atoms with van der Waals surface area (Å²) in [4.78, 5) is 65.9.